The van der Waals surface area contributed by atoms with Crippen LogP contribution in [0, 0.1) is 5.92 Å². The Balaban J connectivity index is 1.45. The van der Waals surface area contributed by atoms with Gasteiger partial charge < -0.3 is 24.8 Å². The Bertz CT molecular complexity index is 947. The summed E-state index contributed by atoms with van der Waals surface area (Å²) in [6.45, 7) is 0.731. The summed E-state index contributed by atoms with van der Waals surface area (Å²) in [4.78, 5) is 23.0. The molecule has 7 nitrogen and oxygen atoms in total. The second kappa shape index (κ2) is 9.65. The van der Waals surface area contributed by atoms with Gasteiger partial charge in [0, 0.05) is 0 Å². The highest BCUT2D eigenvalue weighted by Gasteiger charge is 2.34. The molecule has 0 aliphatic heterocycles. The van der Waals surface area contributed by atoms with Gasteiger partial charge in [-0.2, -0.15) is 0 Å². The van der Waals surface area contributed by atoms with Gasteiger partial charge in [-0.15, -0.1) is 0 Å². The Morgan fingerprint density at radius 1 is 1.07 bits per heavy atom. The van der Waals surface area contributed by atoms with Gasteiger partial charge >= 0.3 is 5.97 Å². The number of phenolic OH excluding ortho intramolecular Hbond substituents is 2. The first-order valence-corrected chi connectivity index (χ1v) is 9.73. The number of carbonyl (C=O) groups excluding carboxylic acids is 1. The zero-order valence-corrected chi connectivity index (χ0v) is 16.7. The summed E-state index contributed by atoms with van der Waals surface area (Å²) >= 11 is 5.74. The number of halogens is 1. The molecule has 0 atom stereocenters. The second-order valence-electron chi connectivity index (χ2n) is 6.91. The van der Waals surface area contributed by atoms with Crippen LogP contribution in [0.15, 0.2) is 42.5 Å². The predicted octanol–water partition coefficient (Wildman–Crippen LogP) is 3.91. The molecule has 2 aromatic carbocycles. The highest BCUT2D eigenvalue weighted by Crippen LogP contribution is 2.35. The van der Waals surface area contributed by atoms with E-state index in [4.69, 9.17) is 26.2 Å². The maximum absolute atomic E-state index is 12.2. The molecule has 8 heteroatoms. The lowest BCUT2D eigenvalue weighted by molar-refractivity contribution is -0.151. The van der Waals surface area contributed by atoms with Gasteiger partial charge in [-0.1, -0.05) is 29.8 Å². The van der Waals surface area contributed by atoms with Crippen LogP contribution in [0.2, 0.25) is 5.02 Å². The van der Waals surface area contributed by atoms with Gasteiger partial charge in [-0.05, 0) is 48.7 Å². The summed E-state index contributed by atoms with van der Waals surface area (Å²) < 4.78 is 11.1. The average molecular weight is 433 g/mol. The van der Waals surface area contributed by atoms with Crippen molar-refractivity contribution in [1.82, 2.24) is 0 Å². The van der Waals surface area contributed by atoms with Crippen molar-refractivity contribution in [2.45, 2.75) is 18.9 Å². The van der Waals surface area contributed by atoms with E-state index in [0.717, 1.165) is 5.56 Å². The highest BCUT2D eigenvalue weighted by atomic mass is 35.5. The van der Waals surface area contributed by atoms with E-state index in [1.807, 2.05) is 0 Å². The predicted molar refractivity (Wildman–Crippen MR) is 110 cm³/mol. The number of aliphatic carboxylic acids is 1. The fourth-order valence-corrected chi connectivity index (χ4v) is 3.13. The second-order valence-corrected chi connectivity index (χ2v) is 7.29. The summed E-state index contributed by atoms with van der Waals surface area (Å²) in [6.07, 6.45) is 3.97. The Hall–Kier alpha value is -3.03. The molecule has 1 fully saturated rings. The van der Waals surface area contributed by atoms with Crippen molar-refractivity contribution in [1.29, 1.82) is 0 Å². The lowest BCUT2D eigenvalue weighted by atomic mass is 9.82. The molecule has 0 radical (unpaired) electrons. The van der Waals surface area contributed by atoms with E-state index in [-0.39, 0.29) is 28.4 Å². The third-order valence-corrected chi connectivity index (χ3v) is 5.19. The van der Waals surface area contributed by atoms with E-state index in [0.29, 0.717) is 31.8 Å². The average Bonchev–Trinajstić information content (AvgIpc) is 2.69. The van der Waals surface area contributed by atoms with Crippen molar-refractivity contribution in [2.75, 3.05) is 13.2 Å². The number of ketones is 1. The molecule has 2 aromatic rings. The maximum atomic E-state index is 12.2. The minimum atomic E-state index is -0.773. The van der Waals surface area contributed by atoms with E-state index in [1.165, 1.54) is 18.2 Å². The molecule has 0 bridgehead atoms. The van der Waals surface area contributed by atoms with Gasteiger partial charge in [-0.3, -0.25) is 9.59 Å². The summed E-state index contributed by atoms with van der Waals surface area (Å²) in [7, 11) is 0. The monoisotopic (exact) mass is 432 g/mol. The minimum Gasteiger partial charge on any atom is -0.506 e. The summed E-state index contributed by atoms with van der Waals surface area (Å²) in [5, 5.41) is 27.9. The first-order chi connectivity index (χ1) is 14.3. The van der Waals surface area contributed by atoms with Crippen LogP contribution in [0.3, 0.4) is 0 Å². The first-order valence-electron chi connectivity index (χ1n) is 9.35. The van der Waals surface area contributed by atoms with Gasteiger partial charge in [0.1, 0.15) is 28.9 Å². The third kappa shape index (κ3) is 5.31. The summed E-state index contributed by atoms with van der Waals surface area (Å²) in [5.74, 6) is -1.63. The van der Waals surface area contributed by atoms with Gasteiger partial charge in [0.25, 0.3) is 0 Å². The number of rotatable bonds is 9. The van der Waals surface area contributed by atoms with Crippen molar-refractivity contribution in [3.63, 3.8) is 0 Å². The Morgan fingerprint density at radius 2 is 1.77 bits per heavy atom. The molecule has 30 heavy (non-hydrogen) atoms. The topological polar surface area (TPSA) is 113 Å². The number of carboxylic acid groups (broad SMARTS) is 1. The Morgan fingerprint density at radius 3 is 2.43 bits per heavy atom. The molecule has 0 saturated heterocycles. The normalized spacial score (nSPS) is 18.2. The van der Waals surface area contributed by atoms with Crippen molar-refractivity contribution in [3.8, 4) is 17.2 Å². The van der Waals surface area contributed by atoms with Crippen molar-refractivity contribution >= 4 is 29.4 Å². The molecule has 0 spiro atoms. The number of hydrogen-bond acceptors (Lipinski definition) is 6. The van der Waals surface area contributed by atoms with Crippen molar-refractivity contribution in [3.05, 3.63) is 58.6 Å². The fraction of sp³-hybridized carbons (Fsp3) is 0.273. The highest BCUT2D eigenvalue weighted by molar-refractivity contribution is 6.34. The molecule has 0 heterocycles. The molecule has 0 aromatic heterocycles. The van der Waals surface area contributed by atoms with Crippen LogP contribution in [-0.4, -0.2) is 46.4 Å². The lowest BCUT2D eigenvalue weighted by Gasteiger charge is -2.31. The number of carbonyl (C=O) groups is 2. The van der Waals surface area contributed by atoms with E-state index >= 15 is 0 Å². The van der Waals surface area contributed by atoms with Crippen LogP contribution in [0.4, 0.5) is 0 Å². The van der Waals surface area contributed by atoms with Crippen LogP contribution < -0.4 is 4.74 Å². The van der Waals surface area contributed by atoms with Crippen LogP contribution in [0.25, 0.3) is 6.08 Å². The largest absolute Gasteiger partial charge is 0.506 e. The Kier molecular flexibility index (Phi) is 6.97. The quantitative estimate of drug-likeness (QED) is 0.313. The van der Waals surface area contributed by atoms with E-state index < -0.39 is 17.5 Å². The smallest absolute Gasteiger partial charge is 0.306 e. The number of ether oxygens (including phenoxy) is 2. The zero-order chi connectivity index (χ0) is 21.7. The third-order valence-electron chi connectivity index (χ3n) is 4.82. The molecule has 158 valence electrons. The number of benzene rings is 2. The Labute approximate surface area is 178 Å². The van der Waals surface area contributed by atoms with Gasteiger partial charge in [0.15, 0.2) is 5.78 Å². The number of phenols is 2. The molecule has 0 unspecified atom stereocenters. The van der Waals surface area contributed by atoms with Crippen LogP contribution >= 0.6 is 11.6 Å². The van der Waals surface area contributed by atoms with E-state index in [2.05, 4.69) is 0 Å². The summed E-state index contributed by atoms with van der Waals surface area (Å²) in [6, 6.07) is 9.59. The molecular formula is C22H21ClO7. The molecule has 1 aliphatic rings. The fourth-order valence-electron chi connectivity index (χ4n) is 2.97. The van der Waals surface area contributed by atoms with Gasteiger partial charge in [-0.25, -0.2) is 0 Å². The number of allylic oxidation sites excluding steroid dienone is 1. The molecule has 1 aliphatic carbocycles. The van der Waals surface area contributed by atoms with E-state index in [9.17, 15) is 19.8 Å². The van der Waals surface area contributed by atoms with E-state index in [1.54, 1.807) is 30.3 Å². The SMILES string of the molecule is O=C(/C=C/c1ccc(OCCOC2CC(C(=O)O)C2)cc1)c1ccc(O)c(Cl)c1O. The maximum Gasteiger partial charge on any atom is 0.306 e. The standard InChI is InChI=1S/C22H21ClO7/c23-20-19(25)8-6-17(21(20)26)18(24)7-3-13-1-4-15(5-2-13)29-9-10-30-16-11-14(12-16)22(27)28/h1-8,14,16,25-26H,9-12H2,(H,27,28)/b7-3+. The zero-order valence-electron chi connectivity index (χ0n) is 16.0. The van der Waals surface area contributed by atoms with Crippen molar-refractivity contribution in [2.24, 2.45) is 5.92 Å². The molecule has 3 rings (SSSR count). The van der Waals surface area contributed by atoms with Crippen LogP contribution in [0.1, 0.15) is 28.8 Å². The first kappa shape index (κ1) is 21.7. The van der Waals surface area contributed by atoms with Gasteiger partial charge in [0.05, 0.1) is 24.2 Å². The van der Waals surface area contributed by atoms with Crippen LogP contribution in [-0.2, 0) is 9.53 Å². The van der Waals surface area contributed by atoms with Crippen LogP contribution in [0.5, 0.6) is 17.2 Å². The number of aromatic hydroxyl groups is 2. The number of hydrogen-bond donors (Lipinski definition) is 3. The molecule has 3 N–H and O–H groups in total. The lowest BCUT2D eigenvalue weighted by Crippen LogP contribution is -2.36. The number of carboxylic acids is 1. The summed E-state index contributed by atoms with van der Waals surface area (Å²) in [5.41, 5.74) is 0.751. The minimum absolute atomic E-state index is 0.00450. The molecule has 1 saturated carbocycles. The molecular weight excluding hydrogens is 412 g/mol. The van der Waals surface area contributed by atoms with Crippen molar-refractivity contribution < 1.29 is 34.4 Å². The van der Waals surface area contributed by atoms with Gasteiger partial charge in [0.2, 0.25) is 0 Å². The molecule has 0 amide bonds.